The summed E-state index contributed by atoms with van der Waals surface area (Å²) in [6.07, 6.45) is 0. The zero-order valence-electron chi connectivity index (χ0n) is 11.5. The van der Waals surface area contributed by atoms with Crippen LogP contribution in [0.4, 0.5) is 5.82 Å². The summed E-state index contributed by atoms with van der Waals surface area (Å²) in [5, 5.41) is 4.82. The first kappa shape index (κ1) is 13.3. The molecule has 2 aromatic heterocycles. The number of rotatable bonds is 2. The van der Waals surface area contributed by atoms with E-state index in [0.29, 0.717) is 24.3 Å². The number of ether oxygens (including phenoxy) is 1. The van der Waals surface area contributed by atoms with Gasteiger partial charge < -0.3 is 9.64 Å². The van der Waals surface area contributed by atoms with Crippen LogP contribution in [0.15, 0.2) is 12.1 Å². The molecule has 3 heterocycles. The van der Waals surface area contributed by atoms with Gasteiger partial charge in [-0.2, -0.15) is 15.1 Å². The zero-order chi connectivity index (χ0) is 14.1. The summed E-state index contributed by atoms with van der Waals surface area (Å²) in [6.45, 7) is 6.94. The molecule has 1 aliphatic rings. The van der Waals surface area contributed by atoms with Crippen LogP contribution in [0.1, 0.15) is 11.4 Å². The van der Waals surface area contributed by atoms with Crippen LogP contribution in [0.25, 0.3) is 5.95 Å². The van der Waals surface area contributed by atoms with Gasteiger partial charge in [-0.3, -0.25) is 0 Å². The number of aromatic nitrogens is 4. The molecule has 1 saturated heterocycles. The summed E-state index contributed by atoms with van der Waals surface area (Å²) < 4.78 is 7.07. The van der Waals surface area contributed by atoms with E-state index >= 15 is 0 Å². The summed E-state index contributed by atoms with van der Waals surface area (Å²) >= 11 is 6.13. The molecule has 1 fully saturated rings. The van der Waals surface area contributed by atoms with Gasteiger partial charge in [-0.25, -0.2) is 4.68 Å². The maximum atomic E-state index is 6.13. The minimum atomic E-state index is 0.420. The Hall–Kier alpha value is -1.66. The Kier molecular flexibility index (Phi) is 3.58. The molecule has 7 heteroatoms. The molecule has 6 nitrogen and oxygen atoms in total. The van der Waals surface area contributed by atoms with Crippen molar-refractivity contribution >= 4 is 17.4 Å². The van der Waals surface area contributed by atoms with Crippen LogP contribution >= 0.6 is 11.6 Å². The average molecular weight is 294 g/mol. The Bertz CT molecular complexity index is 621. The van der Waals surface area contributed by atoms with E-state index in [1.165, 1.54) is 0 Å². The molecule has 106 valence electrons. The Morgan fingerprint density at radius 2 is 1.90 bits per heavy atom. The fourth-order valence-corrected chi connectivity index (χ4v) is 2.45. The van der Waals surface area contributed by atoms with E-state index in [1.807, 2.05) is 19.9 Å². The number of hydrogen-bond acceptors (Lipinski definition) is 5. The van der Waals surface area contributed by atoms with Crippen molar-refractivity contribution in [2.75, 3.05) is 31.2 Å². The van der Waals surface area contributed by atoms with E-state index in [9.17, 15) is 0 Å². The molecule has 2 aromatic rings. The van der Waals surface area contributed by atoms with Gasteiger partial charge >= 0.3 is 0 Å². The molecule has 3 rings (SSSR count). The second-order valence-corrected chi connectivity index (χ2v) is 5.17. The fraction of sp³-hybridized carbons (Fsp3) is 0.462. The number of aryl methyl sites for hydroxylation is 2. The Morgan fingerprint density at radius 1 is 1.15 bits per heavy atom. The molecule has 1 aliphatic heterocycles. The van der Waals surface area contributed by atoms with E-state index in [-0.39, 0.29) is 0 Å². The molecule has 0 radical (unpaired) electrons. The predicted octanol–water partition coefficient (Wildman–Crippen LogP) is 1.77. The minimum absolute atomic E-state index is 0.420. The average Bonchev–Trinajstić information content (AvgIpc) is 2.78. The smallest absolute Gasteiger partial charge is 0.254 e. The molecule has 20 heavy (non-hydrogen) atoms. The Morgan fingerprint density at radius 3 is 2.55 bits per heavy atom. The van der Waals surface area contributed by atoms with Crippen molar-refractivity contribution in [1.29, 1.82) is 0 Å². The molecule has 0 unspecified atom stereocenters. The van der Waals surface area contributed by atoms with E-state index in [0.717, 1.165) is 30.3 Å². The predicted molar refractivity (Wildman–Crippen MR) is 76.7 cm³/mol. The number of halogens is 1. The van der Waals surface area contributed by atoms with Crippen LogP contribution in [0.5, 0.6) is 0 Å². The van der Waals surface area contributed by atoms with Crippen molar-refractivity contribution in [2.45, 2.75) is 13.8 Å². The molecule has 0 aromatic carbocycles. The zero-order valence-corrected chi connectivity index (χ0v) is 12.3. The first-order chi connectivity index (χ1) is 9.63. The summed E-state index contributed by atoms with van der Waals surface area (Å²) in [7, 11) is 0. The summed E-state index contributed by atoms with van der Waals surface area (Å²) in [5.41, 5.74) is 1.91. The SMILES string of the molecule is Cc1cc(C)n(-c2nc(Cl)cc(N3CCOCC3)n2)n1. The lowest BCUT2D eigenvalue weighted by Gasteiger charge is -2.27. The van der Waals surface area contributed by atoms with Crippen molar-refractivity contribution < 1.29 is 4.74 Å². The molecule has 0 N–H and O–H groups in total. The van der Waals surface area contributed by atoms with E-state index < -0.39 is 0 Å². The number of anilines is 1. The van der Waals surface area contributed by atoms with Crippen LogP contribution in [-0.4, -0.2) is 46.1 Å². The first-order valence-corrected chi connectivity index (χ1v) is 6.92. The third kappa shape index (κ3) is 2.62. The van der Waals surface area contributed by atoms with Crippen LogP contribution in [0.3, 0.4) is 0 Å². The molecule has 0 atom stereocenters. The van der Waals surface area contributed by atoms with Crippen LogP contribution in [0.2, 0.25) is 5.15 Å². The molecule has 0 saturated carbocycles. The number of morpholine rings is 1. The third-order valence-electron chi connectivity index (χ3n) is 3.20. The van der Waals surface area contributed by atoms with E-state index in [2.05, 4.69) is 20.0 Å². The molecule has 0 spiro atoms. The lowest BCUT2D eigenvalue weighted by molar-refractivity contribution is 0.122. The highest BCUT2D eigenvalue weighted by atomic mass is 35.5. The van der Waals surface area contributed by atoms with Crippen molar-refractivity contribution in [2.24, 2.45) is 0 Å². The molecule has 0 bridgehead atoms. The van der Waals surface area contributed by atoms with Crippen LogP contribution in [0, 0.1) is 13.8 Å². The van der Waals surface area contributed by atoms with Gasteiger partial charge in [0.05, 0.1) is 18.9 Å². The van der Waals surface area contributed by atoms with Crippen molar-refractivity contribution in [3.8, 4) is 5.95 Å². The number of hydrogen-bond donors (Lipinski definition) is 0. The van der Waals surface area contributed by atoms with Crippen molar-refractivity contribution in [3.63, 3.8) is 0 Å². The van der Waals surface area contributed by atoms with Gasteiger partial charge in [0, 0.05) is 24.8 Å². The highest BCUT2D eigenvalue weighted by Gasteiger charge is 2.16. The number of nitrogens with zero attached hydrogens (tertiary/aromatic N) is 5. The highest BCUT2D eigenvalue weighted by Crippen LogP contribution is 2.19. The quantitative estimate of drug-likeness (QED) is 0.790. The van der Waals surface area contributed by atoms with Crippen molar-refractivity contribution in [1.82, 2.24) is 19.7 Å². The topological polar surface area (TPSA) is 56.1 Å². The van der Waals surface area contributed by atoms with Crippen LogP contribution < -0.4 is 4.90 Å². The summed E-state index contributed by atoms with van der Waals surface area (Å²) in [6, 6.07) is 3.76. The van der Waals surface area contributed by atoms with E-state index in [1.54, 1.807) is 10.7 Å². The largest absolute Gasteiger partial charge is 0.378 e. The van der Waals surface area contributed by atoms with E-state index in [4.69, 9.17) is 16.3 Å². The normalized spacial score (nSPS) is 15.7. The monoisotopic (exact) mass is 293 g/mol. The first-order valence-electron chi connectivity index (χ1n) is 6.54. The Labute approximate surface area is 122 Å². The van der Waals surface area contributed by atoms with Gasteiger partial charge in [0.25, 0.3) is 5.95 Å². The molecule has 0 amide bonds. The second-order valence-electron chi connectivity index (χ2n) is 4.79. The van der Waals surface area contributed by atoms with Gasteiger partial charge in [-0.15, -0.1) is 0 Å². The van der Waals surface area contributed by atoms with Crippen molar-refractivity contribution in [3.05, 3.63) is 28.7 Å². The van der Waals surface area contributed by atoms with Gasteiger partial charge in [0.2, 0.25) is 0 Å². The second kappa shape index (κ2) is 5.38. The maximum Gasteiger partial charge on any atom is 0.254 e. The van der Waals surface area contributed by atoms with Crippen LogP contribution in [-0.2, 0) is 4.74 Å². The molecule has 0 aliphatic carbocycles. The maximum absolute atomic E-state index is 6.13. The summed E-state index contributed by atoms with van der Waals surface area (Å²) in [4.78, 5) is 11.0. The highest BCUT2D eigenvalue weighted by molar-refractivity contribution is 6.29. The van der Waals surface area contributed by atoms with Gasteiger partial charge in [-0.05, 0) is 19.9 Å². The Balaban J connectivity index is 1.99. The van der Waals surface area contributed by atoms with Gasteiger partial charge in [0.15, 0.2) is 0 Å². The van der Waals surface area contributed by atoms with Gasteiger partial charge in [0.1, 0.15) is 11.0 Å². The molecular weight excluding hydrogens is 278 g/mol. The minimum Gasteiger partial charge on any atom is -0.378 e. The fourth-order valence-electron chi connectivity index (χ4n) is 2.27. The lowest BCUT2D eigenvalue weighted by atomic mass is 10.4. The lowest BCUT2D eigenvalue weighted by Crippen LogP contribution is -2.37. The van der Waals surface area contributed by atoms with Gasteiger partial charge in [-0.1, -0.05) is 11.6 Å². The summed E-state index contributed by atoms with van der Waals surface area (Å²) in [5.74, 6) is 1.32. The standard InChI is InChI=1S/C13H16ClN5O/c1-9-7-10(2)19(17-9)13-15-11(14)8-12(16-13)18-3-5-20-6-4-18/h7-8H,3-6H2,1-2H3. The molecular formula is C13H16ClN5O. The third-order valence-corrected chi connectivity index (χ3v) is 3.40.